The summed E-state index contributed by atoms with van der Waals surface area (Å²) in [5.74, 6) is 0.760. The number of piperazine rings is 1. The van der Waals surface area contributed by atoms with Crippen molar-refractivity contribution in [2.75, 3.05) is 39.3 Å². The predicted octanol–water partition coefficient (Wildman–Crippen LogP) is 3.21. The van der Waals surface area contributed by atoms with Gasteiger partial charge in [-0.2, -0.15) is 0 Å². The van der Waals surface area contributed by atoms with E-state index < -0.39 is 5.41 Å². The zero-order valence-electron chi connectivity index (χ0n) is 17.2. The van der Waals surface area contributed by atoms with E-state index in [1.807, 2.05) is 29.2 Å². The van der Waals surface area contributed by atoms with Crippen LogP contribution in [0.5, 0.6) is 0 Å². The molecule has 0 spiro atoms. The van der Waals surface area contributed by atoms with Gasteiger partial charge in [-0.3, -0.25) is 14.5 Å². The Bertz CT molecular complexity index is 735. The summed E-state index contributed by atoms with van der Waals surface area (Å²) in [5, 5.41) is 3.85. The van der Waals surface area contributed by atoms with E-state index in [0.29, 0.717) is 17.5 Å². The molecule has 5 nitrogen and oxygen atoms in total. The number of carbonyl (C=O) groups is 2. The quantitative estimate of drug-likeness (QED) is 0.773. The first-order valence-electron chi connectivity index (χ1n) is 11.1. The topological polar surface area (TPSA) is 52.7 Å². The lowest BCUT2D eigenvalue weighted by atomic mass is 9.64. The van der Waals surface area contributed by atoms with Crippen molar-refractivity contribution < 1.29 is 9.59 Å². The molecule has 3 fully saturated rings. The Morgan fingerprint density at radius 3 is 2.41 bits per heavy atom. The highest BCUT2D eigenvalue weighted by Crippen LogP contribution is 2.44. The average molecular weight is 418 g/mol. The van der Waals surface area contributed by atoms with E-state index in [1.54, 1.807) is 0 Å². The molecular weight excluding hydrogens is 386 g/mol. The van der Waals surface area contributed by atoms with E-state index in [0.717, 1.165) is 70.4 Å². The molecule has 2 saturated carbocycles. The lowest BCUT2D eigenvalue weighted by Gasteiger charge is -2.41. The van der Waals surface area contributed by atoms with Crippen LogP contribution in [0.2, 0.25) is 5.02 Å². The smallest absolute Gasteiger partial charge is 0.230 e. The largest absolute Gasteiger partial charge is 0.354 e. The fourth-order valence-corrected chi connectivity index (χ4v) is 5.27. The predicted molar refractivity (Wildman–Crippen MR) is 115 cm³/mol. The van der Waals surface area contributed by atoms with Gasteiger partial charge < -0.3 is 10.2 Å². The second kappa shape index (κ2) is 9.05. The Morgan fingerprint density at radius 1 is 1.07 bits per heavy atom. The van der Waals surface area contributed by atoms with Crippen molar-refractivity contribution in [3.8, 4) is 0 Å². The van der Waals surface area contributed by atoms with Crippen LogP contribution in [0.25, 0.3) is 0 Å². The first kappa shape index (κ1) is 20.7. The summed E-state index contributed by atoms with van der Waals surface area (Å²) < 4.78 is 0. The van der Waals surface area contributed by atoms with Crippen LogP contribution in [-0.4, -0.2) is 60.9 Å². The summed E-state index contributed by atoms with van der Waals surface area (Å²) in [5.41, 5.74) is 0.630. The Labute approximate surface area is 178 Å². The van der Waals surface area contributed by atoms with Crippen LogP contribution in [0.3, 0.4) is 0 Å². The van der Waals surface area contributed by atoms with Crippen molar-refractivity contribution in [2.24, 2.45) is 5.92 Å². The van der Waals surface area contributed by atoms with E-state index in [9.17, 15) is 9.59 Å². The molecule has 2 aliphatic carbocycles. The van der Waals surface area contributed by atoms with Crippen molar-refractivity contribution >= 4 is 23.4 Å². The molecule has 3 aliphatic rings. The summed E-state index contributed by atoms with van der Waals surface area (Å²) in [7, 11) is 0. The molecule has 1 aromatic carbocycles. The number of amides is 2. The average Bonchev–Trinajstić information content (AvgIpc) is 3.22. The molecule has 1 N–H and O–H groups in total. The molecule has 158 valence electrons. The van der Waals surface area contributed by atoms with Gasteiger partial charge in [-0.25, -0.2) is 0 Å². The number of benzene rings is 1. The van der Waals surface area contributed by atoms with Crippen molar-refractivity contribution in [3.05, 3.63) is 34.9 Å². The maximum atomic E-state index is 13.0. The van der Waals surface area contributed by atoms with Gasteiger partial charge >= 0.3 is 0 Å². The maximum Gasteiger partial charge on any atom is 0.230 e. The minimum Gasteiger partial charge on any atom is -0.354 e. The molecule has 0 atom stereocenters. The summed E-state index contributed by atoms with van der Waals surface area (Å²) in [6.45, 7) is 4.91. The normalized spacial score (nSPS) is 22.3. The highest BCUT2D eigenvalue weighted by atomic mass is 35.5. The zero-order valence-corrected chi connectivity index (χ0v) is 17.9. The third kappa shape index (κ3) is 4.46. The second-order valence-corrected chi connectivity index (χ2v) is 9.29. The van der Waals surface area contributed by atoms with Crippen LogP contribution in [0.4, 0.5) is 0 Å². The molecule has 1 aromatic rings. The Hall–Kier alpha value is -1.59. The number of halogens is 1. The third-order valence-corrected chi connectivity index (χ3v) is 7.36. The number of nitrogens with one attached hydrogen (secondary N) is 1. The lowest BCUT2D eigenvalue weighted by molar-refractivity contribution is -0.137. The number of carbonyl (C=O) groups excluding carboxylic acids is 2. The highest BCUT2D eigenvalue weighted by molar-refractivity contribution is 6.30. The van der Waals surface area contributed by atoms with Gasteiger partial charge in [-0.05, 0) is 43.4 Å². The van der Waals surface area contributed by atoms with Crippen LogP contribution in [0.1, 0.15) is 50.5 Å². The Morgan fingerprint density at radius 2 is 1.79 bits per heavy atom. The molecule has 4 rings (SSSR count). The molecule has 0 bridgehead atoms. The lowest BCUT2D eigenvalue weighted by Crippen LogP contribution is -2.53. The van der Waals surface area contributed by atoms with Crippen molar-refractivity contribution in [1.82, 2.24) is 15.1 Å². The Kier molecular flexibility index (Phi) is 6.45. The van der Waals surface area contributed by atoms with Crippen molar-refractivity contribution in [3.63, 3.8) is 0 Å². The first-order valence-corrected chi connectivity index (χ1v) is 11.5. The molecule has 1 heterocycles. The monoisotopic (exact) mass is 417 g/mol. The zero-order chi connectivity index (χ0) is 20.3. The van der Waals surface area contributed by atoms with E-state index in [2.05, 4.69) is 10.2 Å². The van der Waals surface area contributed by atoms with Gasteiger partial charge in [0.1, 0.15) is 0 Å². The highest BCUT2D eigenvalue weighted by Gasteiger charge is 2.45. The molecule has 6 heteroatoms. The van der Waals surface area contributed by atoms with Gasteiger partial charge in [0.05, 0.1) is 5.41 Å². The minimum absolute atomic E-state index is 0.126. The fraction of sp³-hybridized carbons (Fsp3) is 0.652. The van der Waals surface area contributed by atoms with Crippen LogP contribution in [-0.2, 0) is 15.0 Å². The number of rotatable bonds is 6. The molecular formula is C23H32ClN3O2. The molecule has 0 radical (unpaired) electrons. The minimum atomic E-state index is -0.405. The third-order valence-electron chi connectivity index (χ3n) is 7.12. The Balaban J connectivity index is 1.22. The van der Waals surface area contributed by atoms with Crippen molar-refractivity contribution in [2.45, 2.75) is 50.4 Å². The number of nitrogens with zero attached hydrogens (tertiary/aromatic N) is 2. The van der Waals surface area contributed by atoms with Crippen LogP contribution in [0, 0.1) is 5.92 Å². The standard InChI is InChI=1S/C23H32ClN3O2/c24-20-8-3-7-19(17-20)23(9-4-10-23)22(29)25-11-12-26-13-15-27(16-14-26)21(28)18-5-1-2-6-18/h3,7-8,17-18H,1-2,4-6,9-16H2,(H,25,29). The van der Waals surface area contributed by atoms with E-state index in [4.69, 9.17) is 11.6 Å². The maximum absolute atomic E-state index is 13.0. The summed E-state index contributed by atoms with van der Waals surface area (Å²) >= 11 is 6.15. The van der Waals surface area contributed by atoms with E-state index in [-0.39, 0.29) is 11.8 Å². The molecule has 2 amide bonds. The van der Waals surface area contributed by atoms with Gasteiger partial charge in [-0.1, -0.05) is 43.0 Å². The van der Waals surface area contributed by atoms with E-state index in [1.165, 1.54) is 12.8 Å². The molecule has 1 aliphatic heterocycles. The summed E-state index contributed by atoms with van der Waals surface area (Å²) in [6.07, 6.45) is 7.40. The fourth-order valence-electron chi connectivity index (χ4n) is 5.08. The molecule has 1 saturated heterocycles. The van der Waals surface area contributed by atoms with Gasteiger partial charge in [0.25, 0.3) is 0 Å². The number of hydrogen-bond acceptors (Lipinski definition) is 3. The van der Waals surface area contributed by atoms with Crippen molar-refractivity contribution in [1.29, 1.82) is 0 Å². The van der Waals surface area contributed by atoms with Gasteiger partial charge in [-0.15, -0.1) is 0 Å². The second-order valence-electron chi connectivity index (χ2n) is 8.85. The summed E-state index contributed by atoms with van der Waals surface area (Å²) in [4.78, 5) is 29.9. The summed E-state index contributed by atoms with van der Waals surface area (Å²) in [6, 6.07) is 7.73. The van der Waals surface area contributed by atoms with E-state index >= 15 is 0 Å². The molecule has 0 unspecified atom stereocenters. The van der Waals surface area contributed by atoms with Crippen LogP contribution in [0.15, 0.2) is 24.3 Å². The van der Waals surface area contributed by atoms with Gasteiger partial charge in [0, 0.05) is 50.2 Å². The van der Waals surface area contributed by atoms with Crippen LogP contribution < -0.4 is 5.32 Å². The molecule has 0 aromatic heterocycles. The van der Waals surface area contributed by atoms with Gasteiger partial charge in [0.2, 0.25) is 11.8 Å². The number of hydrogen-bond donors (Lipinski definition) is 1. The molecule has 29 heavy (non-hydrogen) atoms. The SMILES string of the molecule is O=C(C1CCCC1)N1CCN(CCNC(=O)C2(c3cccc(Cl)c3)CCC2)CC1. The first-order chi connectivity index (χ1) is 14.1. The van der Waals surface area contributed by atoms with Gasteiger partial charge in [0.15, 0.2) is 0 Å². The van der Waals surface area contributed by atoms with Crippen LogP contribution >= 0.6 is 11.6 Å².